The third-order valence-electron chi connectivity index (χ3n) is 5.31. The molecule has 0 saturated heterocycles. The minimum absolute atomic E-state index is 0.119. The Morgan fingerprint density at radius 3 is 1.94 bits per heavy atom. The van der Waals surface area contributed by atoms with Crippen LogP contribution in [0.5, 0.6) is 0 Å². The van der Waals surface area contributed by atoms with Crippen LogP contribution in [-0.4, -0.2) is 70.9 Å². The molecule has 0 aromatic heterocycles. The van der Waals surface area contributed by atoms with Gasteiger partial charge in [0.05, 0.1) is 6.04 Å². The molecule has 4 amide bonds. The van der Waals surface area contributed by atoms with E-state index >= 15 is 0 Å². The summed E-state index contributed by atoms with van der Waals surface area (Å²) in [5, 5.41) is 17.0. The molecule has 0 spiro atoms. The summed E-state index contributed by atoms with van der Waals surface area (Å²) in [7, 11) is 0. The van der Waals surface area contributed by atoms with Gasteiger partial charge in [-0.15, -0.1) is 0 Å². The fraction of sp³-hybridized carbons (Fsp3) is 0.762. The molecule has 0 radical (unpaired) electrons. The van der Waals surface area contributed by atoms with Gasteiger partial charge in [-0.3, -0.25) is 19.2 Å². The molecule has 0 aliphatic heterocycles. The zero-order valence-electron chi connectivity index (χ0n) is 20.1. The van der Waals surface area contributed by atoms with Crippen molar-refractivity contribution in [2.45, 2.75) is 77.5 Å². The summed E-state index contributed by atoms with van der Waals surface area (Å²) < 4.78 is 0. The van der Waals surface area contributed by atoms with Crippen LogP contribution in [0.3, 0.4) is 0 Å². The van der Waals surface area contributed by atoms with Gasteiger partial charge >= 0.3 is 5.97 Å². The van der Waals surface area contributed by atoms with E-state index in [1.807, 2.05) is 6.26 Å². The van der Waals surface area contributed by atoms with Crippen LogP contribution in [0.15, 0.2) is 0 Å². The number of aliphatic carboxylic acids is 1. The first kappa shape index (κ1) is 30.7. The monoisotopic (exact) mass is 489 g/mol. The zero-order valence-corrected chi connectivity index (χ0v) is 20.9. The second kappa shape index (κ2) is 15.5. The maximum atomic E-state index is 12.9. The first-order chi connectivity index (χ1) is 15.3. The molecule has 0 heterocycles. The van der Waals surface area contributed by atoms with Crippen molar-refractivity contribution in [3.05, 3.63) is 0 Å². The van der Waals surface area contributed by atoms with Gasteiger partial charge < -0.3 is 32.5 Å². The molecule has 8 N–H and O–H groups in total. The highest BCUT2D eigenvalue weighted by atomic mass is 32.2. The molecular formula is C21H39N5O6S. The summed E-state index contributed by atoms with van der Waals surface area (Å²) >= 11 is 1.55. The van der Waals surface area contributed by atoms with Gasteiger partial charge in [-0.1, -0.05) is 34.1 Å². The SMILES string of the molecule is CCC(C)C(NC(=O)C(CCC(N)=O)NC(=O)C(NC(=O)C(N)CCSC)C(C)C)C(=O)O. The van der Waals surface area contributed by atoms with E-state index < -0.39 is 53.8 Å². The first-order valence-corrected chi connectivity index (χ1v) is 12.4. The molecule has 0 aromatic carbocycles. The standard InChI is InChI=1S/C21H39N5O6S/c1-6-12(4)17(21(31)32)26-19(29)14(7-8-15(23)27)24-20(30)16(11(2)3)25-18(28)13(22)9-10-33-5/h11-14,16-17H,6-10,22H2,1-5H3,(H2,23,27)(H,24,30)(H,25,28)(H,26,29)(H,31,32). The maximum Gasteiger partial charge on any atom is 0.326 e. The Bertz CT molecular complexity index is 690. The Morgan fingerprint density at radius 1 is 0.909 bits per heavy atom. The Kier molecular flexibility index (Phi) is 14.4. The predicted octanol–water partition coefficient (Wildman–Crippen LogP) is -0.427. The highest BCUT2D eigenvalue weighted by molar-refractivity contribution is 7.98. The van der Waals surface area contributed by atoms with Crippen molar-refractivity contribution in [1.29, 1.82) is 0 Å². The Morgan fingerprint density at radius 2 is 1.48 bits per heavy atom. The fourth-order valence-corrected chi connectivity index (χ4v) is 3.41. The average molecular weight is 490 g/mol. The molecule has 33 heavy (non-hydrogen) atoms. The van der Waals surface area contributed by atoms with Crippen LogP contribution in [0, 0.1) is 11.8 Å². The van der Waals surface area contributed by atoms with E-state index in [-0.39, 0.29) is 24.7 Å². The molecule has 5 unspecified atom stereocenters. The highest BCUT2D eigenvalue weighted by Gasteiger charge is 2.33. The lowest BCUT2D eigenvalue weighted by molar-refractivity contribution is -0.144. The van der Waals surface area contributed by atoms with Gasteiger partial charge in [0.1, 0.15) is 18.1 Å². The fourth-order valence-electron chi connectivity index (χ4n) is 2.93. The third-order valence-corrected chi connectivity index (χ3v) is 5.95. The predicted molar refractivity (Wildman–Crippen MR) is 127 cm³/mol. The molecule has 12 heteroatoms. The minimum Gasteiger partial charge on any atom is -0.480 e. The van der Waals surface area contributed by atoms with Crippen LogP contribution in [0.2, 0.25) is 0 Å². The minimum atomic E-state index is -1.21. The Labute approximate surface area is 199 Å². The number of carbonyl (C=O) groups excluding carboxylic acids is 4. The van der Waals surface area contributed by atoms with Gasteiger partial charge in [-0.05, 0) is 36.7 Å². The highest BCUT2D eigenvalue weighted by Crippen LogP contribution is 2.10. The molecular weight excluding hydrogens is 450 g/mol. The molecule has 0 aliphatic carbocycles. The molecule has 0 aliphatic rings. The number of hydrogen-bond acceptors (Lipinski definition) is 7. The van der Waals surface area contributed by atoms with Crippen molar-refractivity contribution in [1.82, 2.24) is 16.0 Å². The van der Waals surface area contributed by atoms with Crippen LogP contribution >= 0.6 is 11.8 Å². The van der Waals surface area contributed by atoms with Crippen molar-refractivity contribution in [2.75, 3.05) is 12.0 Å². The summed E-state index contributed by atoms with van der Waals surface area (Å²) in [6.45, 7) is 6.92. The number of carboxylic acid groups (broad SMARTS) is 1. The zero-order chi connectivity index (χ0) is 25.7. The van der Waals surface area contributed by atoms with Gasteiger partial charge in [0.25, 0.3) is 0 Å². The number of primary amides is 1. The van der Waals surface area contributed by atoms with Crippen LogP contribution in [-0.2, 0) is 24.0 Å². The van der Waals surface area contributed by atoms with Gasteiger partial charge in [0.2, 0.25) is 23.6 Å². The second-order valence-corrected chi connectivity index (χ2v) is 9.38. The Balaban J connectivity index is 5.50. The van der Waals surface area contributed by atoms with E-state index in [2.05, 4.69) is 16.0 Å². The lowest BCUT2D eigenvalue weighted by Gasteiger charge is -2.27. The molecule has 0 saturated carbocycles. The number of rotatable bonds is 16. The molecule has 5 atom stereocenters. The number of nitrogens with two attached hydrogens (primary N) is 2. The van der Waals surface area contributed by atoms with Gasteiger partial charge in [0, 0.05) is 6.42 Å². The summed E-state index contributed by atoms with van der Waals surface area (Å²) in [6, 6.07) is -4.14. The van der Waals surface area contributed by atoms with E-state index in [1.165, 1.54) is 0 Å². The quantitative estimate of drug-likeness (QED) is 0.168. The van der Waals surface area contributed by atoms with Gasteiger partial charge in [-0.2, -0.15) is 11.8 Å². The third kappa shape index (κ3) is 11.4. The molecule has 0 fully saturated rings. The first-order valence-electron chi connectivity index (χ1n) is 11.0. The van der Waals surface area contributed by atoms with Crippen LogP contribution in [0.4, 0.5) is 0 Å². The number of carboxylic acids is 1. The average Bonchev–Trinajstić information content (AvgIpc) is 2.74. The van der Waals surface area contributed by atoms with E-state index in [0.717, 1.165) is 0 Å². The largest absolute Gasteiger partial charge is 0.480 e. The number of hydrogen-bond donors (Lipinski definition) is 6. The van der Waals surface area contributed by atoms with Crippen LogP contribution < -0.4 is 27.4 Å². The van der Waals surface area contributed by atoms with Crippen molar-refractivity contribution < 1.29 is 29.1 Å². The van der Waals surface area contributed by atoms with Crippen LogP contribution in [0.25, 0.3) is 0 Å². The normalized spacial score (nSPS) is 15.6. The van der Waals surface area contributed by atoms with Gasteiger partial charge in [-0.25, -0.2) is 4.79 Å². The molecule has 0 aromatic rings. The van der Waals surface area contributed by atoms with Crippen LogP contribution in [0.1, 0.15) is 53.4 Å². The van der Waals surface area contributed by atoms with Crippen molar-refractivity contribution >= 4 is 41.4 Å². The van der Waals surface area contributed by atoms with E-state index in [4.69, 9.17) is 11.5 Å². The summed E-state index contributed by atoms with van der Waals surface area (Å²) in [5.41, 5.74) is 11.1. The lowest BCUT2D eigenvalue weighted by atomic mass is 9.98. The topological polar surface area (TPSA) is 194 Å². The van der Waals surface area contributed by atoms with Crippen molar-refractivity contribution in [3.63, 3.8) is 0 Å². The van der Waals surface area contributed by atoms with Gasteiger partial charge in [0.15, 0.2) is 0 Å². The molecule has 11 nitrogen and oxygen atoms in total. The number of amides is 4. The van der Waals surface area contributed by atoms with E-state index in [0.29, 0.717) is 18.6 Å². The summed E-state index contributed by atoms with van der Waals surface area (Å²) in [6.07, 6.45) is 2.52. The molecule has 0 rings (SSSR count). The lowest BCUT2D eigenvalue weighted by Crippen LogP contribution is -2.59. The maximum absolute atomic E-state index is 12.9. The number of carbonyl (C=O) groups is 5. The second-order valence-electron chi connectivity index (χ2n) is 8.39. The number of nitrogens with one attached hydrogen (secondary N) is 3. The van der Waals surface area contributed by atoms with Crippen molar-refractivity contribution in [3.8, 4) is 0 Å². The Hall–Kier alpha value is -2.34. The number of thioether (sulfide) groups is 1. The smallest absolute Gasteiger partial charge is 0.326 e. The summed E-state index contributed by atoms with van der Waals surface area (Å²) in [4.78, 5) is 61.0. The van der Waals surface area contributed by atoms with E-state index in [9.17, 15) is 29.1 Å². The molecule has 0 bridgehead atoms. The van der Waals surface area contributed by atoms with E-state index in [1.54, 1.807) is 39.5 Å². The van der Waals surface area contributed by atoms with Crippen molar-refractivity contribution in [2.24, 2.45) is 23.3 Å². The molecule has 190 valence electrons. The summed E-state index contributed by atoms with van der Waals surface area (Å²) in [5.74, 6) is -3.75.